The molecule has 2 unspecified atom stereocenters. The van der Waals surface area contributed by atoms with Gasteiger partial charge in [0.2, 0.25) is 5.78 Å². The van der Waals surface area contributed by atoms with Gasteiger partial charge in [0.05, 0.1) is 13.1 Å². The van der Waals surface area contributed by atoms with Crippen LogP contribution in [0, 0.1) is 11.8 Å². The van der Waals surface area contributed by atoms with Gasteiger partial charge in [-0.3, -0.25) is 9.69 Å². The first-order valence-electron chi connectivity index (χ1n) is 7.49. The molecule has 4 aliphatic rings. The number of quaternary nitrogens is 1. The summed E-state index contributed by atoms with van der Waals surface area (Å²) >= 11 is 3.51. The fraction of sp³-hybridized carbons (Fsp3) is 0.562. The SMILES string of the molecule is O=C(C[N+]12CC3CC(CN(C3)C1)C2)c1ccccc1Br. The van der Waals surface area contributed by atoms with Crippen LogP contribution in [0.2, 0.25) is 0 Å². The first kappa shape index (κ1) is 13.0. The highest BCUT2D eigenvalue weighted by molar-refractivity contribution is 9.10. The third-order valence-corrected chi connectivity index (χ3v) is 5.84. The van der Waals surface area contributed by atoms with Crippen molar-refractivity contribution in [3.05, 3.63) is 34.3 Å². The Morgan fingerprint density at radius 1 is 1.25 bits per heavy atom. The molecule has 2 atom stereocenters. The molecule has 0 radical (unpaired) electrons. The quantitative estimate of drug-likeness (QED) is 0.624. The highest BCUT2D eigenvalue weighted by Crippen LogP contribution is 2.38. The number of carbonyl (C=O) groups excluding carboxylic acids is 1. The molecular formula is C16H20BrN2O+. The molecule has 4 fully saturated rings. The lowest BCUT2D eigenvalue weighted by Crippen LogP contribution is -2.72. The molecule has 1 aromatic carbocycles. The molecule has 4 heteroatoms. The number of ketones is 1. The second kappa shape index (κ2) is 4.65. The minimum Gasteiger partial charge on any atom is -0.304 e. The predicted octanol–water partition coefficient (Wildman–Crippen LogP) is 2.37. The zero-order valence-corrected chi connectivity index (χ0v) is 13.2. The van der Waals surface area contributed by atoms with Gasteiger partial charge in [-0.05, 0) is 12.5 Å². The van der Waals surface area contributed by atoms with Crippen LogP contribution < -0.4 is 0 Å². The number of hydrogen-bond donors (Lipinski definition) is 0. The Labute approximate surface area is 128 Å². The topological polar surface area (TPSA) is 20.3 Å². The fourth-order valence-electron chi connectivity index (χ4n) is 4.77. The van der Waals surface area contributed by atoms with E-state index in [1.165, 1.54) is 32.6 Å². The van der Waals surface area contributed by atoms with E-state index in [1.54, 1.807) is 0 Å². The van der Waals surface area contributed by atoms with Gasteiger partial charge in [-0.2, -0.15) is 0 Å². The normalized spacial score (nSPS) is 38.1. The van der Waals surface area contributed by atoms with E-state index in [2.05, 4.69) is 20.8 Å². The molecule has 0 aliphatic carbocycles. The minimum absolute atomic E-state index is 0.292. The summed E-state index contributed by atoms with van der Waals surface area (Å²) < 4.78 is 1.94. The van der Waals surface area contributed by atoms with Crippen LogP contribution >= 0.6 is 15.9 Å². The summed E-state index contributed by atoms with van der Waals surface area (Å²) in [6.07, 6.45) is 1.39. The third kappa shape index (κ3) is 2.14. The summed E-state index contributed by atoms with van der Waals surface area (Å²) in [6, 6.07) is 7.82. The van der Waals surface area contributed by atoms with E-state index in [4.69, 9.17) is 0 Å². The molecule has 106 valence electrons. The van der Waals surface area contributed by atoms with Crippen LogP contribution in [0.1, 0.15) is 16.8 Å². The van der Waals surface area contributed by atoms with Crippen LogP contribution in [0.15, 0.2) is 28.7 Å². The number of rotatable bonds is 3. The van der Waals surface area contributed by atoms with Crippen molar-refractivity contribution < 1.29 is 9.28 Å². The van der Waals surface area contributed by atoms with Crippen molar-refractivity contribution in [2.75, 3.05) is 39.4 Å². The second-order valence-electron chi connectivity index (χ2n) is 6.91. The maximum Gasteiger partial charge on any atom is 0.218 e. The van der Waals surface area contributed by atoms with Crippen LogP contribution in [0.4, 0.5) is 0 Å². The molecule has 4 heterocycles. The Morgan fingerprint density at radius 2 is 1.95 bits per heavy atom. The molecule has 4 aliphatic heterocycles. The Morgan fingerprint density at radius 3 is 2.60 bits per heavy atom. The lowest BCUT2D eigenvalue weighted by molar-refractivity contribution is -0.954. The number of nitrogens with zero attached hydrogens (tertiary/aromatic N) is 2. The van der Waals surface area contributed by atoms with Gasteiger partial charge < -0.3 is 4.48 Å². The zero-order chi connectivity index (χ0) is 13.7. The fourth-order valence-corrected chi connectivity index (χ4v) is 5.28. The van der Waals surface area contributed by atoms with Crippen molar-refractivity contribution in [1.82, 2.24) is 4.90 Å². The van der Waals surface area contributed by atoms with E-state index in [9.17, 15) is 4.79 Å². The molecule has 4 saturated heterocycles. The first-order chi connectivity index (χ1) is 9.63. The molecule has 3 nitrogen and oxygen atoms in total. The summed E-state index contributed by atoms with van der Waals surface area (Å²) in [6.45, 7) is 6.71. The summed E-state index contributed by atoms with van der Waals surface area (Å²) in [5, 5.41) is 0. The van der Waals surface area contributed by atoms with Crippen molar-refractivity contribution in [3.63, 3.8) is 0 Å². The number of Topliss-reactive ketones (excluding diaryl/α,β-unsaturated/α-hetero) is 1. The van der Waals surface area contributed by atoms with Gasteiger partial charge in [0.25, 0.3) is 0 Å². The summed E-state index contributed by atoms with van der Waals surface area (Å²) in [7, 11) is 0. The highest BCUT2D eigenvalue weighted by atomic mass is 79.9. The average Bonchev–Trinajstić information content (AvgIpc) is 2.36. The van der Waals surface area contributed by atoms with Gasteiger partial charge >= 0.3 is 0 Å². The number of carbonyl (C=O) groups is 1. The molecule has 0 N–H and O–H groups in total. The van der Waals surface area contributed by atoms with Crippen LogP contribution in [0.3, 0.4) is 0 Å². The van der Waals surface area contributed by atoms with E-state index in [1.807, 2.05) is 24.3 Å². The molecular weight excluding hydrogens is 316 g/mol. The molecule has 0 amide bonds. The van der Waals surface area contributed by atoms with Gasteiger partial charge in [-0.25, -0.2) is 0 Å². The Bertz CT molecular complexity index is 522. The molecule has 0 spiro atoms. The second-order valence-corrected chi connectivity index (χ2v) is 7.77. The van der Waals surface area contributed by atoms with Crippen LogP contribution in [0.25, 0.3) is 0 Å². The van der Waals surface area contributed by atoms with Crippen molar-refractivity contribution in [2.24, 2.45) is 11.8 Å². The van der Waals surface area contributed by atoms with E-state index >= 15 is 0 Å². The molecule has 5 rings (SSSR count). The van der Waals surface area contributed by atoms with Crippen molar-refractivity contribution in [3.8, 4) is 0 Å². The molecule has 1 aromatic rings. The van der Waals surface area contributed by atoms with Gasteiger partial charge in [0.1, 0.15) is 13.2 Å². The Balaban J connectivity index is 1.57. The predicted molar refractivity (Wildman–Crippen MR) is 81.4 cm³/mol. The zero-order valence-electron chi connectivity index (χ0n) is 11.6. The minimum atomic E-state index is 0.292. The summed E-state index contributed by atoms with van der Waals surface area (Å²) in [5.41, 5.74) is 0.844. The number of hydrogen-bond acceptors (Lipinski definition) is 2. The molecule has 4 bridgehead atoms. The molecule has 0 saturated carbocycles. The Hall–Kier alpha value is -0.710. The maximum atomic E-state index is 12.7. The van der Waals surface area contributed by atoms with E-state index in [0.29, 0.717) is 12.3 Å². The largest absolute Gasteiger partial charge is 0.304 e. The van der Waals surface area contributed by atoms with Crippen LogP contribution in [0.5, 0.6) is 0 Å². The number of halogens is 1. The first-order valence-corrected chi connectivity index (χ1v) is 8.28. The van der Waals surface area contributed by atoms with Crippen molar-refractivity contribution in [1.29, 1.82) is 0 Å². The van der Waals surface area contributed by atoms with Crippen molar-refractivity contribution >= 4 is 21.7 Å². The third-order valence-electron chi connectivity index (χ3n) is 5.14. The number of benzene rings is 1. The van der Waals surface area contributed by atoms with Crippen LogP contribution in [-0.2, 0) is 0 Å². The smallest absolute Gasteiger partial charge is 0.218 e. The molecule has 20 heavy (non-hydrogen) atoms. The Kier molecular flexibility index (Phi) is 3.02. The monoisotopic (exact) mass is 335 g/mol. The van der Waals surface area contributed by atoms with Gasteiger partial charge in [0, 0.05) is 35.0 Å². The van der Waals surface area contributed by atoms with Gasteiger partial charge in [-0.1, -0.05) is 34.1 Å². The number of piperidine rings is 2. The van der Waals surface area contributed by atoms with Crippen LogP contribution in [-0.4, -0.2) is 54.6 Å². The highest BCUT2D eigenvalue weighted by Gasteiger charge is 2.51. The standard InChI is InChI=1S/C16H20BrN2O/c17-15-4-2-1-3-14(15)16(20)10-19-8-12-5-13(9-19)7-18(6-12)11-19/h1-4,12-13H,5-11H2/q+1. The van der Waals surface area contributed by atoms with E-state index in [-0.39, 0.29) is 0 Å². The van der Waals surface area contributed by atoms with E-state index in [0.717, 1.165) is 33.0 Å². The molecule has 0 aromatic heterocycles. The van der Waals surface area contributed by atoms with E-state index < -0.39 is 0 Å². The lowest BCUT2D eigenvalue weighted by Gasteiger charge is -2.58. The van der Waals surface area contributed by atoms with Gasteiger partial charge in [0.15, 0.2) is 0 Å². The summed E-state index contributed by atoms with van der Waals surface area (Å²) in [5.74, 6) is 1.94. The maximum absolute atomic E-state index is 12.7. The summed E-state index contributed by atoms with van der Waals surface area (Å²) in [4.78, 5) is 15.3. The van der Waals surface area contributed by atoms with Gasteiger partial charge in [-0.15, -0.1) is 0 Å². The average molecular weight is 336 g/mol. The lowest BCUT2D eigenvalue weighted by atomic mass is 9.80. The van der Waals surface area contributed by atoms with Crippen molar-refractivity contribution in [2.45, 2.75) is 6.42 Å².